The summed E-state index contributed by atoms with van der Waals surface area (Å²) in [6.45, 7) is 1.47. The summed E-state index contributed by atoms with van der Waals surface area (Å²) in [5, 5.41) is 15.4. The van der Waals surface area contributed by atoms with Crippen LogP contribution in [0.1, 0.15) is 50.5 Å². The summed E-state index contributed by atoms with van der Waals surface area (Å²) in [4.78, 5) is 47.6. The molecule has 0 aromatic heterocycles. The molecule has 0 bridgehead atoms. The van der Waals surface area contributed by atoms with Gasteiger partial charge in [0, 0.05) is 44.6 Å². The predicted octanol–water partition coefficient (Wildman–Crippen LogP) is 1.82. The van der Waals surface area contributed by atoms with Crippen molar-refractivity contribution in [2.75, 3.05) is 19.6 Å². The van der Waals surface area contributed by atoms with E-state index in [0.29, 0.717) is 32.4 Å². The van der Waals surface area contributed by atoms with Crippen LogP contribution < -0.4 is 10.6 Å². The van der Waals surface area contributed by atoms with E-state index >= 15 is 0 Å². The fraction of sp³-hybridized carbons (Fsp3) is 0.478. The molecule has 2 rings (SSSR count). The lowest BCUT2D eigenvalue weighted by Crippen LogP contribution is -2.32. The van der Waals surface area contributed by atoms with Gasteiger partial charge in [0.2, 0.25) is 11.8 Å². The first-order chi connectivity index (χ1) is 15.0. The Morgan fingerprint density at radius 2 is 1.39 bits per heavy atom. The molecule has 4 amide bonds. The summed E-state index contributed by atoms with van der Waals surface area (Å²) in [6.07, 6.45) is 7.73. The second kappa shape index (κ2) is 13.2. The molecular formula is C23H31N3O5. The van der Waals surface area contributed by atoms with Crippen LogP contribution >= 0.6 is 0 Å². The number of phenolic OH excluding ortho intramolecular Hbond substituents is 1. The van der Waals surface area contributed by atoms with Gasteiger partial charge in [-0.05, 0) is 37.3 Å². The molecule has 0 radical (unpaired) electrons. The quantitative estimate of drug-likeness (QED) is 0.308. The first kappa shape index (κ1) is 24.1. The molecule has 1 aromatic rings. The Morgan fingerprint density at radius 1 is 0.806 bits per heavy atom. The van der Waals surface area contributed by atoms with Gasteiger partial charge in [0.15, 0.2) is 0 Å². The number of rotatable bonds is 14. The molecule has 1 heterocycles. The second-order valence-corrected chi connectivity index (χ2v) is 7.51. The lowest BCUT2D eigenvalue weighted by Gasteiger charge is -2.13. The molecule has 8 nitrogen and oxygen atoms in total. The highest BCUT2D eigenvalue weighted by Crippen LogP contribution is 2.17. The van der Waals surface area contributed by atoms with E-state index in [4.69, 9.17) is 0 Å². The molecule has 0 atom stereocenters. The molecule has 168 valence electrons. The van der Waals surface area contributed by atoms with Crippen molar-refractivity contribution in [2.24, 2.45) is 0 Å². The van der Waals surface area contributed by atoms with Crippen molar-refractivity contribution in [3.8, 4) is 5.75 Å². The number of carbonyl (C=O) groups excluding carboxylic acids is 4. The van der Waals surface area contributed by atoms with E-state index in [9.17, 15) is 24.3 Å². The number of imide groups is 1. The number of para-hydroxylation sites is 1. The van der Waals surface area contributed by atoms with Crippen molar-refractivity contribution in [3.63, 3.8) is 0 Å². The van der Waals surface area contributed by atoms with Crippen molar-refractivity contribution in [1.82, 2.24) is 15.5 Å². The zero-order chi connectivity index (χ0) is 22.5. The van der Waals surface area contributed by atoms with E-state index in [1.165, 1.54) is 12.2 Å². The summed E-state index contributed by atoms with van der Waals surface area (Å²) in [5.41, 5.74) is 0.773. The monoisotopic (exact) mass is 429 g/mol. The van der Waals surface area contributed by atoms with E-state index < -0.39 is 0 Å². The normalized spacial score (nSPS) is 13.0. The maximum atomic E-state index is 11.9. The van der Waals surface area contributed by atoms with Crippen LogP contribution in [0, 0.1) is 0 Å². The summed E-state index contributed by atoms with van der Waals surface area (Å²) in [6, 6.07) is 7.02. The number of amides is 4. The number of aryl methyl sites for hydroxylation is 1. The fourth-order valence-electron chi connectivity index (χ4n) is 3.26. The molecule has 3 N–H and O–H groups in total. The first-order valence-electron chi connectivity index (χ1n) is 10.8. The second-order valence-electron chi connectivity index (χ2n) is 7.51. The van der Waals surface area contributed by atoms with Crippen LogP contribution in [-0.4, -0.2) is 53.3 Å². The van der Waals surface area contributed by atoms with E-state index in [0.717, 1.165) is 36.1 Å². The number of benzene rings is 1. The third-order valence-corrected chi connectivity index (χ3v) is 5.05. The molecule has 8 heteroatoms. The average molecular weight is 430 g/mol. The number of aromatic hydroxyl groups is 1. The van der Waals surface area contributed by atoms with Crippen LogP contribution in [0.3, 0.4) is 0 Å². The summed E-state index contributed by atoms with van der Waals surface area (Å²) < 4.78 is 0. The van der Waals surface area contributed by atoms with E-state index in [1.807, 2.05) is 12.1 Å². The third kappa shape index (κ3) is 9.02. The number of phenols is 1. The van der Waals surface area contributed by atoms with Crippen LogP contribution in [0.25, 0.3) is 0 Å². The Kier molecular flexibility index (Phi) is 10.3. The van der Waals surface area contributed by atoms with Gasteiger partial charge in [0.1, 0.15) is 5.75 Å². The summed E-state index contributed by atoms with van der Waals surface area (Å²) in [5.74, 6) is -0.530. The zero-order valence-corrected chi connectivity index (χ0v) is 17.8. The van der Waals surface area contributed by atoms with Crippen molar-refractivity contribution in [2.45, 2.75) is 51.4 Å². The number of nitrogens with zero attached hydrogens (tertiary/aromatic N) is 1. The fourth-order valence-corrected chi connectivity index (χ4v) is 3.26. The molecule has 0 fully saturated rings. The molecule has 0 unspecified atom stereocenters. The Bertz CT molecular complexity index is 788. The highest BCUT2D eigenvalue weighted by atomic mass is 16.3. The van der Waals surface area contributed by atoms with Crippen LogP contribution in [0.2, 0.25) is 0 Å². The Balaban J connectivity index is 1.40. The third-order valence-electron chi connectivity index (χ3n) is 5.05. The van der Waals surface area contributed by atoms with Crippen molar-refractivity contribution >= 4 is 23.6 Å². The van der Waals surface area contributed by atoms with E-state index in [1.54, 1.807) is 12.1 Å². The lowest BCUT2D eigenvalue weighted by molar-refractivity contribution is -0.137. The number of hydrogen-bond donors (Lipinski definition) is 3. The molecule has 0 aliphatic carbocycles. The van der Waals surface area contributed by atoms with Gasteiger partial charge in [-0.25, -0.2) is 0 Å². The van der Waals surface area contributed by atoms with Gasteiger partial charge < -0.3 is 15.7 Å². The number of carbonyl (C=O) groups is 4. The molecule has 1 aromatic carbocycles. The van der Waals surface area contributed by atoms with E-state index in [2.05, 4.69) is 10.6 Å². The Hall–Kier alpha value is -3.16. The molecule has 0 saturated carbocycles. The standard InChI is InChI=1S/C23H31N3O5/c27-19-9-4-3-8-18(19)11-12-21(29)25-16-6-2-1-5-15-24-20(28)10-7-17-26-22(30)13-14-23(26)31/h3-4,8-9,13-14,27H,1-2,5-7,10-12,15-17H2,(H,24,28)(H,25,29). The minimum atomic E-state index is -0.322. The average Bonchev–Trinajstić information content (AvgIpc) is 3.07. The molecule has 1 aliphatic heterocycles. The molecule has 0 spiro atoms. The SMILES string of the molecule is O=C(CCCN1C(=O)C=CC1=O)NCCCCCCNC(=O)CCc1ccccc1O. The Morgan fingerprint density at radius 3 is 2.00 bits per heavy atom. The van der Waals surface area contributed by atoms with Gasteiger partial charge in [0.05, 0.1) is 0 Å². The lowest BCUT2D eigenvalue weighted by atomic mass is 10.1. The van der Waals surface area contributed by atoms with Gasteiger partial charge in [-0.3, -0.25) is 24.1 Å². The highest BCUT2D eigenvalue weighted by molar-refractivity contribution is 6.12. The predicted molar refractivity (Wildman–Crippen MR) is 116 cm³/mol. The number of nitrogens with one attached hydrogen (secondary N) is 2. The first-order valence-corrected chi connectivity index (χ1v) is 10.8. The topological polar surface area (TPSA) is 116 Å². The molecule has 1 aliphatic rings. The number of unbranched alkanes of at least 4 members (excludes halogenated alkanes) is 3. The number of hydrogen-bond acceptors (Lipinski definition) is 5. The smallest absolute Gasteiger partial charge is 0.253 e. The van der Waals surface area contributed by atoms with Gasteiger partial charge in [-0.1, -0.05) is 31.0 Å². The van der Waals surface area contributed by atoms with Gasteiger partial charge >= 0.3 is 0 Å². The van der Waals surface area contributed by atoms with Crippen molar-refractivity contribution < 1.29 is 24.3 Å². The maximum absolute atomic E-state index is 11.9. The minimum absolute atomic E-state index is 0.0244. The largest absolute Gasteiger partial charge is 0.508 e. The van der Waals surface area contributed by atoms with Gasteiger partial charge in [-0.2, -0.15) is 0 Å². The highest BCUT2D eigenvalue weighted by Gasteiger charge is 2.22. The summed E-state index contributed by atoms with van der Waals surface area (Å²) >= 11 is 0. The van der Waals surface area contributed by atoms with Crippen LogP contribution in [-0.2, 0) is 25.6 Å². The van der Waals surface area contributed by atoms with Crippen LogP contribution in [0.4, 0.5) is 0 Å². The minimum Gasteiger partial charge on any atom is -0.508 e. The van der Waals surface area contributed by atoms with Gasteiger partial charge in [-0.15, -0.1) is 0 Å². The van der Waals surface area contributed by atoms with E-state index in [-0.39, 0.29) is 42.3 Å². The van der Waals surface area contributed by atoms with Crippen molar-refractivity contribution in [3.05, 3.63) is 42.0 Å². The Labute approximate surface area is 182 Å². The van der Waals surface area contributed by atoms with Crippen LogP contribution in [0.5, 0.6) is 5.75 Å². The van der Waals surface area contributed by atoms with Crippen molar-refractivity contribution in [1.29, 1.82) is 0 Å². The molecule has 31 heavy (non-hydrogen) atoms. The summed E-state index contributed by atoms with van der Waals surface area (Å²) in [7, 11) is 0. The zero-order valence-electron chi connectivity index (χ0n) is 17.8. The van der Waals surface area contributed by atoms with Gasteiger partial charge in [0.25, 0.3) is 11.8 Å². The molecular weight excluding hydrogens is 398 g/mol. The molecule has 0 saturated heterocycles. The maximum Gasteiger partial charge on any atom is 0.253 e. The van der Waals surface area contributed by atoms with Crippen LogP contribution in [0.15, 0.2) is 36.4 Å².